The third-order valence-electron chi connectivity index (χ3n) is 2.26. The van der Waals surface area contributed by atoms with Gasteiger partial charge in [0.25, 0.3) is 0 Å². The molecule has 0 heterocycles. The first kappa shape index (κ1) is 12.0. The zero-order valence-corrected chi connectivity index (χ0v) is 9.14. The van der Waals surface area contributed by atoms with Gasteiger partial charge in [0, 0.05) is 17.8 Å². The normalized spacial score (nSPS) is 13.1. The lowest BCUT2D eigenvalue weighted by molar-refractivity contribution is 0.138. The summed E-state index contributed by atoms with van der Waals surface area (Å²) in [5.74, 6) is 0. The van der Waals surface area contributed by atoms with Crippen LogP contribution in [0.5, 0.6) is 0 Å². The van der Waals surface area contributed by atoms with Crippen molar-refractivity contribution in [3.8, 4) is 0 Å². The first-order valence-corrected chi connectivity index (χ1v) is 4.86. The van der Waals surface area contributed by atoms with Crippen molar-refractivity contribution in [2.75, 3.05) is 26.4 Å². The highest BCUT2D eigenvalue weighted by Gasteiger charge is 2.10. The minimum absolute atomic E-state index is 0.103. The van der Waals surface area contributed by atoms with Crippen LogP contribution in [0.25, 0.3) is 0 Å². The molecule has 15 heavy (non-hydrogen) atoms. The maximum absolute atomic E-state index is 9.84. The van der Waals surface area contributed by atoms with Crippen LogP contribution in [0, 0.1) is 0 Å². The van der Waals surface area contributed by atoms with E-state index in [1.54, 1.807) is 18.2 Å². The van der Waals surface area contributed by atoms with Gasteiger partial charge in [0.05, 0.1) is 12.7 Å². The Morgan fingerprint density at radius 3 is 2.60 bits per heavy atom. The molecule has 4 nitrogen and oxygen atoms in total. The maximum atomic E-state index is 9.84. The van der Waals surface area contributed by atoms with Gasteiger partial charge < -0.3 is 20.8 Å². The van der Waals surface area contributed by atoms with Crippen molar-refractivity contribution in [2.24, 2.45) is 0 Å². The predicted molar refractivity (Wildman–Crippen MR) is 60.3 cm³/mol. The van der Waals surface area contributed by atoms with E-state index >= 15 is 0 Å². The van der Waals surface area contributed by atoms with Crippen molar-refractivity contribution >= 4 is 5.69 Å². The van der Waals surface area contributed by atoms with Gasteiger partial charge in [-0.3, -0.25) is 0 Å². The molecular formula is C11H18N2O2. The van der Waals surface area contributed by atoms with Crippen LogP contribution < -0.4 is 5.73 Å². The summed E-state index contributed by atoms with van der Waals surface area (Å²) in [5.41, 5.74) is 7.64. The number of nitrogen functional groups attached to an aromatic ring is 1. The summed E-state index contributed by atoms with van der Waals surface area (Å²) < 4.78 is 0. The second-order valence-electron chi connectivity index (χ2n) is 3.89. The van der Waals surface area contributed by atoms with Crippen molar-refractivity contribution in [1.82, 2.24) is 4.90 Å². The SMILES string of the molecule is CN(C)CC(O)c1ccc(N)c(CO)c1. The molecule has 0 aliphatic rings. The summed E-state index contributed by atoms with van der Waals surface area (Å²) in [6, 6.07) is 5.23. The Kier molecular flexibility index (Phi) is 4.08. The molecule has 84 valence electrons. The first-order valence-electron chi connectivity index (χ1n) is 4.86. The summed E-state index contributed by atoms with van der Waals surface area (Å²) >= 11 is 0. The fourth-order valence-corrected chi connectivity index (χ4v) is 1.42. The minimum Gasteiger partial charge on any atom is -0.398 e. The Hall–Kier alpha value is -1.10. The summed E-state index contributed by atoms with van der Waals surface area (Å²) in [6.45, 7) is 0.448. The molecule has 0 aliphatic carbocycles. The average molecular weight is 210 g/mol. The lowest BCUT2D eigenvalue weighted by atomic mass is 10.0. The Morgan fingerprint density at radius 1 is 1.40 bits per heavy atom. The quantitative estimate of drug-likeness (QED) is 0.627. The van der Waals surface area contributed by atoms with Crippen LogP contribution in [0.4, 0.5) is 5.69 Å². The molecule has 0 saturated heterocycles. The van der Waals surface area contributed by atoms with Crippen molar-refractivity contribution in [3.05, 3.63) is 29.3 Å². The summed E-state index contributed by atoms with van der Waals surface area (Å²) in [5, 5.41) is 18.9. The zero-order chi connectivity index (χ0) is 11.4. The van der Waals surface area contributed by atoms with Gasteiger partial charge in [-0.05, 0) is 31.8 Å². The Labute approximate surface area is 89.9 Å². The van der Waals surface area contributed by atoms with Gasteiger partial charge in [0.1, 0.15) is 0 Å². The third kappa shape index (κ3) is 3.20. The van der Waals surface area contributed by atoms with E-state index in [-0.39, 0.29) is 6.61 Å². The molecule has 1 aromatic rings. The number of nitrogens with zero attached hydrogens (tertiary/aromatic N) is 1. The number of aliphatic hydroxyl groups excluding tert-OH is 2. The minimum atomic E-state index is -0.550. The molecule has 0 bridgehead atoms. The lowest BCUT2D eigenvalue weighted by Crippen LogP contribution is -2.20. The Balaban J connectivity index is 2.85. The summed E-state index contributed by atoms with van der Waals surface area (Å²) in [7, 11) is 3.79. The van der Waals surface area contributed by atoms with Crippen LogP contribution in [0.1, 0.15) is 17.2 Å². The van der Waals surface area contributed by atoms with E-state index in [0.717, 1.165) is 5.56 Å². The number of nitrogens with two attached hydrogens (primary N) is 1. The van der Waals surface area contributed by atoms with Crippen molar-refractivity contribution in [1.29, 1.82) is 0 Å². The van der Waals surface area contributed by atoms with Crippen molar-refractivity contribution in [3.63, 3.8) is 0 Å². The maximum Gasteiger partial charge on any atom is 0.0916 e. The van der Waals surface area contributed by atoms with Gasteiger partial charge in [0.15, 0.2) is 0 Å². The summed E-state index contributed by atoms with van der Waals surface area (Å²) in [4.78, 5) is 1.90. The molecule has 0 fully saturated rings. The molecule has 4 N–H and O–H groups in total. The fourth-order valence-electron chi connectivity index (χ4n) is 1.42. The van der Waals surface area contributed by atoms with Crippen LogP contribution in [0.15, 0.2) is 18.2 Å². The summed E-state index contributed by atoms with van der Waals surface area (Å²) in [6.07, 6.45) is -0.550. The number of benzene rings is 1. The topological polar surface area (TPSA) is 69.7 Å². The standard InChI is InChI=1S/C11H18N2O2/c1-13(2)6-11(15)8-3-4-10(12)9(5-8)7-14/h3-5,11,14-15H,6-7,12H2,1-2H3. The van der Waals surface area contributed by atoms with E-state index < -0.39 is 6.10 Å². The number of hydrogen-bond donors (Lipinski definition) is 3. The monoisotopic (exact) mass is 210 g/mol. The second-order valence-corrected chi connectivity index (χ2v) is 3.89. The van der Waals surface area contributed by atoms with Crippen LogP contribution in [-0.4, -0.2) is 35.8 Å². The van der Waals surface area contributed by atoms with E-state index in [9.17, 15) is 5.11 Å². The number of anilines is 1. The number of rotatable bonds is 4. The molecule has 0 aromatic heterocycles. The van der Waals surface area contributed by atoms with E-state index in [1.165, 1.54) is 0 Å². The van der Waals surface area contributed by atoms with E-state index in [0.29, 0.717) is 17.8 Å². The van der Waals surface area contributed by atoms with E-state index in [2.05, 4.69) is 0 Å². The van der Waals surface area contributed by atoms with Gasteiger partial charge in [-0.2, -0.15) is 0 Å². The third-order valence-corrected chi connectivity index (χ3v) is 2.26. The van der Waals surface area contributed by atoms with Gasteiger partial charge in [-0.15, -0.1) is 0 Å². The highest BCUT2D eigenvalue weighted by atomic mass is 16.3. The largest absolute Gasteiger partial charge is 0.398 e. The number of hydrogen-bond acceptors (Lipinski definition) is 4. The van der Waals surface area contributed by atoms with Crippen LogP contribution >= 0.6 is 0 Å². The Morgan fingerprint density at radius 2 is 2.07 bits per heavy atom. The molecule has 4 heteroatoms. The van der Waals surface area contributed by atoms with Crippen LogP contribution in [0.2, 0.25) is 0 Å². The molecule has 1 aromatic carbocycles. The molecule has 0 spiro atoms. The lowest BCUT2D eigenvalue weighted by Gasteiger charge is -2.17. The number of aliphatic hydroxyl groups is 2. The molecule has 0 aliphatic heterocycles. The molecule has 0 saturated carbocycles. The number of likely N-dealkylation sites (N-methyl/N-ethyl adjacent to an activating group) is 1. The van der Waals surface area contributed by atoms with Gasteiger partial charge in [-0.25, -0.2) is 0 Å². The molecule has 1 rings (SSSR count). The zero-order valence-electron chi connectivity index (χ0n) is 9.14. The van der Waals surface area contributed by atoms with Gasteiger partial charge in [-0.1, -0.05) is 6.07 Å². The first-order chi connectivity index (χ1) is 7.04. The van der Waals surface area contributed by atoms with Gasteiger partial charge in [0.2, 0.25) is 0 Å². The second kappa shape index (κ2) is 5.11. The van der Waals surface area contributed by atoms with Crippen molar-refractivity contribution in [2.45, 2.75) is 12.7 Å². The molecule has 0 radical (unpaired) electrons. The van der Waals surface area contributed by atoms with E-state index in [4.69, 9.17) is 10.8 Å². The highest BCUT2D eigenvalue weighted by Crippen LogP contribution is 2.19. The van der Waals surface area contributed by atoms with Crippen molar-refractivity contribution < 1.29 is 10.2 Å². The molecule has 0 amide bonds. The fraction of sp³-hybridized carbons (Fsp3) is 0.455. The van der Waals surface area contributed by atoms with Crippen LogP contribution in [0.3, 0.4) is 0 Å². The predicted octanol–water partition coefficient (Wildman–Crippen LogP) is 0.356. The molecular weight excluding hydrogens is 192 g/mol. The Bertz CT molecular complexity index is 326. The molecule has 1 unspecified atom stereocenters. The van der Waals surface area contributed by atoms with Crippen LogP contribution in [-0.2, 0) is 6.61 Å². The smallest absolute Gasteiger partial charge is 0.0916 e. The highest BCUT2D eigenvalue weighted by molar-refractivity contribution is 5.48. The van der Waals surface area contributed by atoms with Gasteiger partial charge >= 0.3 is 0 Å². The average Bonchev–Trinajstić information content (AvgIpc) is 2.17. The molecule has 1 atom stereocenters. The van der Waals surface area contributed by atoms with E-state index in [1.807, 2.05) is 19.0 Å².